The zero-order valence-corrected chi connectivity index (χ0v) is 20.3. The molecular formula is C24H24N2O6S2. The van der Waals surface area contributed by atoms with E-state index in [9.17, 15) is 14.4 Å². The Labute approximate surface area is 205 Å². The third-order valence-corrected chi connectivity index (χ3v) is 7.88. The number of ether oxygens (including phenoxy) is 3. The van der Waals surface area contributed by atoms with Crippen molar-refractivity contribution in [2.45, 2.75) is 29.8 Å². The van der Waals surface area contributed by atoms with Crippen LogP contribution in [0.2, 0.25) is 0 Å². The van der Waals surface area contributed by atoms with Crippen molar-refractivity contribution in [3.8, 4) is 5.75 Å². The molecule has 2 aliphatic rings. The summed E-state index contributed by atoms with van der Waals surface area (Å²) in [6, 6.07) is 13.5. The van der Waals surface area contributed by atoms with Gasteiger partial charge in [0.1, 0.15) is 29.5 Å². The quantitative estimate of drug-likeness (QED) is 0.432. The molecule has 0 radical (unpaired) electrons. The number of benzene rings is 2. The molecule has 2 atom stereocenters. The zero-order chi connectivity index (χ0) is 24.2. The highest BCUT2D eigenvalue weighted by atomic mass is 32.2. The Morgan fingerprint density at radius 1 is 1.09 bits per heavy atom. The molecule has 8 nitrogen and oxygen atoms in total. The number of hydrogen-bond donors (Lipinski definition) is 1. The number of esters is 2. The number of carbonyl (C=O) groups excluding carboxylic acids is 3. The van der Waals surface area contributed by atoms with E-state index in [1.54, 1.807) is 50.4 Å². The number of nitrogens with two attached hydrogens (primary N) is 1. The molecule has 2 aromatic rings. The van der Waals surface area contributed by atoms with Crippen LogP contribution in [0.1, 0.15) is 22.8 Å². The van der Waals surface area contributed by atoms with E-state index in [0.717, 1.165) is 10.5 Å². The highest BCUT2D eigenvalue weighted by molar-refractivity contribution is 8.06. The Morgan fingerprint density at radius 2 is 1.79 bits per heavy atom. The number of amides is 1. The fraction of sp³-hybridized carbons (Fsp3) is 0.292. The van der Waals surface area contributed by atoms with Gasteiger partial charge in [0.2, 0.25) is 5.91 Å². The molecule has 34 heavy (non-hydrogen) atoms. The number of methoxy groups -OCH3 is 1. The van der Waals surface area contributed by atoms with Crippen molar-refractivity contribution in [2.24, 2.45) is 5.73 Å². The second kappa shape index (κ2) is 10.5. The van der Waals surface area contributed by atoms with Gasteiger partial charge in [-0.15, -0.1) is 11.8 Å². The van der Waals surface area contributed by atoms with Crippen LogP contribution >= 0.6 is 23.5 Å². The molecule has 10 heteroatoms. The third-order valence-electron chi connectivity index (χ3n) is 5.30. The minimum absolute atomic E-state index is 0.0599. The Balaban J connectivity index is 1.54. The van der Waals surface area contributed by atoms with Crippen molar-refractivity contribution in [1.82, 2.24) is 4.90 Å². The van der Waals surface area contributed by atoms with Gasteiger partial charge in [-0.3, -0.25) is 9.69 Å². The number of nitrogens with zero attached hydrogens (tertiary/aromatic N) is 1. The van der Waals surface area contributed by atoms with Gasteiger partial charge in [0.15, 0.2) is 0 Å². The molecule has 0 saturated carbocycles. The summed E-state index contributed by atoms with van der Waals surface area (Å²) in [6.45, 7) is 2.11. The summed E-state index contributed by atoms with van der Waals surface area (Å²) in [6.07, 6.45) is 0. The standard InChI is InChI=1S/C24H24N2O6S2/c1-3-31-23(28)15-6-10-17(11-7-15)34-18-13-33-22-19(25)21(27)26(22)20(18)24(29)32-12-14-4-8-16(30-2)9-5-14/h4-11,19,22H,3,12-13,25H2,1-2H3/t19-,22+/m1/s1. The van der Waals surface area contributed by atoms with E-state index in [1.807, 2.05) is 12.1 Å². The smallest absolute Gasteiger partial charge is 0.356 e. The second-order valence-corrected chi connectivity index (χ2v) is 9.75. The lowest BCUT2D eigenvalue weighted by molar-refractivity contribution is -0.151. The summed E-state index contributed by atoms with van der Waals surface area (Å²) in [5, 5.41) is -0.286. The van der Waals surface area contributed by atoms with Crippen LogP contribution in [-0.2, 0) is 25.7 Å². The van der Waals surface area contributed by atoms with Crippen LogP contribution in [0.5, 0.6) is 5.75 Å². The first-order valence-electron chi connectivity index (χ1n) is 10.6. The Kier molecular flexibility index (Phi) is 7.50. The molecule has 2 heterocycles. The van der Waals surface area contributed by atoms with Crippen molar-refractivity contribution in [3.05, 3.63) is 70.3 Å². The van der Waals surface area contributed by atoms with Crippen molar-refractivity contribution in [1.29, 1.82) is 0 Å². The first-order chi connectivity index (χ1) is 16.4. The largest absolute Gasteiger partial charge is 0.497 e. The molecule has 2 aromatic carbocycles. The summed E-state index contributed by atoms with van der Waals surface area (Å²) < 4.78 is 15.7. The average Bonchev–Trinajstić information content (AvgIpc) is 2.87. The fourth-order valence-corrected chi connectivity index (χ4v) is 5.93. The van der Waals surface area contributed by atoms with E-state index in [-0.39, 0.29) is 23.6 Å². The van der Waals surface area contributed by atoms with Crippen LogP contribution in [0.4, 0.5) is 0 Å². The van der Waals surface area contributed by atoms with Gasteiger partial charge in [-0.05, 0) is 48.9 Å². The molecule has 1 fully saturated rings. The molecule has 0 aliphatic carbocycles. The van der Waals surface area contributed by atoms with Crippen LogP contribution in [0.3, 0.4) is 0 Å². The second-order valence-electron chi connectivity index (χ2n) is 7.48. The molecule has 0 aromatic heterocycles. The number of rotatable bonds is 8. The van der Waals surface area contributed by atoms with Gasteiger partial charge in [0, 0.05) is 15.6 Å². The molecule has 1 saturated heterocycles. The van der Waals surface area contributed by atoms with E-state index in [1.165, 1.54) is 28.4 Å². The van der Waals surface area contributed by atoms with Gasteiger partial charge in [0.25, 0.3) is 0 Å². The SMILES string of the molecule is CCOC(=O)c1ccc(SC2=C(C(=O)OCc3ccc(OC)cc3)N3C(=O)[C@@H](N)[C@@H]3SC2)cc1. The van der Waals surface area contributed by atoms with Crippen LogP contribution in [0.25, 0.3) is 0 Å². The van der Waals surface area contributed by atoms with E-state index in [0.29, 0.717) is 28.6 Å². The lowest BCUT2D eigenvalue weighted by Gasteiger charge is -2.48. The van der Waals surface area contributed by atoms with E-state index < -0.39 is 18.0 Å². The summed E-state index contributed by atoms with van der Waals surface area (Å²) in [4.78, 5) is 40.5. The third kappa shape index (κ3) is 4.94. The monoisotopic (exact) mass is 500 g/mol. The molecule has 2 aliphatic heterocycles. The number of fused-ring (bicyclic) bond motifs is 1. The lowest BCUT2D eigenvalue weighted by Crippen LogP contribution is -2.68. The van der Waals surface area contributed by atoms with Gasteiger partial charge in [-0.25, -0.2) is 9.59 Å². The van der Waals surface area contributed by atoms with Crippen LogP contribution in [0.15, 0.2) is 64.0 Å². The molecule has 4 rings (SSSR count). The summed E-state index contributed by atoms with van der Waals surface area (Å²) in [7, 11) is 1.58. The van der Waals surface area contributed by atoms with Gasteiger partial charge in [-0.2, -0.15) is 0 Å². The van der Waals surface area contributed by atoms with E-state index in [2.05, 4.69) is 0 Å². The minimum atomic E-state index is -0.634. The molecule has 178 valence electrons. The maximum absolute atomic E-state index is 13.1. The lowest BCUT2D eigenvalue weighted by atomic mass is 10.1. The van der Waals surface area contributed by atoms with Gasteiger partial charge < -0.3 is 19.9 Å². The summed E-state index contributed by atoms with van der Waals surface area (Å²) in [5.74, 6) is -0.0502. The zero-order valence-electron chi connectivity index (χ0n) is 18.7. The first kappa shape index (κ1) is 24.2. The molecular weight excluding hydrogens is 476 g/mol. The fourth-order valence-electron chi connectivity index (χ4n) is 3.51. The van der Waals surface area contributed by atoms with E-state index >= 15 is 0 Å². The van der Waals surface area contributed by atoms with E-state index in [4.69, 9.17) is 19.9 Å². The Hall–Kier alpha value is -2.95. The topological polar surface area (TPSA) is 108 Å². The van der Waals surface area contributed by atoms with Gasteiger partial charge in [0.05, 0.1) is 19.3 Å². The highest BCUT2D eigenvalue weighted by Gasteiger charge is 2.52. The van der Waals surface area contributed by atoms with Crippen LogP contribution < -0.4 is 10.5 Å². The maximum atomic E-state index is 13.1. The molecule has 0 unspecified atom stereocenters. The van der Waals surface area contributed by atoms with Crippen LogP contribution in [0, 0.1) is 0 Å². The number of carbonyl (C=O) groups is 3. The van der Waals surface area contributed by atoms with Crippen molar-refractivity contribution >= 4 is 41.4 Å². The number of β-lactam (4-membered cyclic amide) rings is 1. The van der Waals surface area contributed by atoms with Crippen molar-refractivity contribution in [2.75, 3.05) is 19.5 Å². The molecule has 0 bridgehead atoms. The first-order valence-corrected chi connectivity index (χ1v) is 12.5. The van der Waals surface area contributed by atoms with Crippen molar-refractivity contribution in [3.63, 3.8) is 0 Å². The highest BCUT2D eigenvalue weighted by Crippen LogP contribution is 2.45. The predicted molar refractivity (Wildman–Crippen MR) is 129 cm³/mol. The Morgan fingerprint density at radius 3 is 2.44 bits per heavy atom. The van der Waals surface area contributed by atoms with Crippen LogP contribution in [-0.4, -0.2) is 53.6 Å². The normalized spacial score (nSPS) is 19.3. The van der Waals surface area contributed by atoms with Gasteiger partial charge >= 0.3 is 11.9 Å². The molecule has 0 spiro atoms. The number of hydrogen-bond acceptors (Lipinski definition) is 9. The average molecular weight is 501 g/mol. The summed E-state index contributed by atoms with van der Waals surface area (Å²) in [5.41, 5.74) is 7.42. The maximum Gasteiger partial charge on any atom is 0.356 e. The number of thioether (sulfide) groups is 2. The summed E-state index contributed by atoms with van der Waals surface area (Å²) >= 11 is 2.87. The predicted octanol–water partition coefficient (Wildman–Crippen LogP) is 3.16. The van der Waals surface area contributed by atoms with Crippen molar-refractivity contribution < 1.29 is 28.6 Å². The molecule has 2 N–H and O–H groups in total. The molecule has 1 amide bonds. The minimum Gasteiger partial charge on any atom is -0.497 e. The Bertz CT molecular complexity index is 1120. The van der Waals surface area contributed by atoms with Gasteiger partial charge in [-0.1, -0.05) is 23.9 Å².